The first-order valence-corrected chi connectivity index (χ1v) is 9.12. The predicted octanol–water partition coefficient (Wildman–Crippen LogP) is 2.40. The standard InChI is InChI=1S/C19H27N5O/c1-4-13(2)9-16(25)24-19(10-14(3)11-20-12-19)15-5-6-22-18-17(15)21-7-8-23-18/h5-8,13-14,20H,4,9-12H2,1-3H3,(H,24,25)/t13-,14-,19-/m0/s1. The Morgan fingerprint density at radius 3 is 2.88 bits per heavy atom. The number of rotatable bonds is 5. The highest BCUT2D eigenvalue weighted by Crippen LogP contribution is 2.34. The van der Waals surface area contributed by atoms with Crippen LogP contribution in [0.3, 0.4) is 0 Å². The number of piperidine rings is 1. The van der Waals surface area contributed by atoms with Crippen molar-refractivity contribution < 1.29 is 4.79 Å². The maximum atomic E-state index is 12.7. The van der Waals surface area contributed by atoms with Gasteiger partial charge < -0.3 is 10.6 Å². The molecule has 1 amide bonds. The van der Waals surface area contributed by atoms with E-state index in [0.717, 1.165) is 30.5 Å². The number of aromatic nitrogens is 3. The molecule has 0 aliphatic carbocycles. The van der Waals surface area contributed by atoms with Crippen molar-refractivity contribution in [2.24, 2.45) is 11.8 Å². The largest absolute Gasteiger partial charge is 0.345 e. The summed E-state index contributed by atoms with van der Waals surface area (Å²) in [7, 11) is 0. The van der Waals surface area contributed by atoms with Gasteiger partial charge in [-0.2, -0.15) is 0 Å². The van der Waals surface area contributed by atoms with Gasteiger partial charge in [0.2, 0.25) is 5.91 Å². The molecule has 2 aromatic heterocycles. The van der Waals surface area contributed by atoms with Crippen LogP contribution in [0, 0.1) is 11.8 Å². The summed E-state index contributed by atoms with van der Waals surface area (Å²) in [4.78, 5) is 25.9. The van der Waals surface area contributed by atoms with Crippen molar-refractivity contribution >= 4 is 17.1 Å². The Labute approximate surface area is 148 Å². The molecule has 0 radical (unpaired) electrons. The van der Waals surface area contributed by atoms with Crippen LogP contribution in [0.1, 0.15) is 45.6 Å². The van der Waals surface area contributed by atoms with E-state index in [0.29, 0.717) is 30.4 Å². The summed E-state index contributed by atoms with van der Waals surface area (Å²) in [6, 6.07) is 1.97. The lowest BCUT2D eigenvalue weighted by molar-refractivity contribution is -0.124. The van der Waals surface area contributed by atoms with E-state index in [1.165, 1.54) is 0 Å². The number of pyridine rings is 1. The van der Waals surface area contributed by atoms with Gasteiger partial charge in [0.1, 0.15) is 5.52 Å². The molecule has 2 N–H and O–H groups in total. The van der Waals surface area contributed by atoms with Gasteiger partial charge in [0.05, 0.1) is 5.54 Å². The van der Waals surface area contributed by atoms with E-state index in [9.17, 15) is 4.79 Å². The molecule has 1 aliphatic heterocycles. The van der Waals surface area contributed by atoms with Crippen LogP contribution in [0.5, 0.6) is 0 Å². The number of fused-ring (bicyclic) bond motifs is 1. The molecule has 0 spiro atoms. The van der Waals surface area contributed by atoms with Gasteiger partial charge in [0.15, 0.2) is 5.65 Å². The fraction of sp³-hybridized carbons (Fsp3) is 0.579. The molecule has 1 fully saturated rings. The van der Waals surface area contributed by atoms with Crippen molar-refractivity contribution in [3.63, 3.8) is 0 Å². The molecule has 3 rings (SSSR count). The molecule has 3 atom stereocenters. The van der Waals surface area contributed by atoms with Gasteiger partial charge in [0, 0.05) is 37.1 Å². The minimum Gasteiger partial charge on any atom is -0.345 e. The number of carbonyl (C=O) groups is 1. The Kier molecular flexibility index (Phi) is 5.27. The first kappa shape index (κ1) is 17.7. The molecule has 25 heavy (non-hydrogen) atoms. The van der Waals surface area contributed by atoms with Crippen molar-refractivity contribution in [3.05, 3.63) is 30.2 Å². The number of amides is 1. The highest BCUT2D eigenvalue weighted by atomic mass is 16.1. The quantitative estimate of drug-likeness (QED) is 0.873. The second kappa shape index (κ2) is 7.44. The van der Waals surface area contributed by atoms with E-state index in [-0.39, 0.29) is 5.91 Å². The Bertz CT molecular complexity index is 744. The minimum atomic E-state index is -0.473. The molecule has 1 aliphatic rings. The van der Waals surface area contributed by atoms with Crippen LogP contribution in [0.2, 0.25) is 0 Å². The molecular formula is C19H27N5O. The van der Waals surface area contributed by atoms with E-state index < -0.39 is 5.54 Å². The van der Waals surface area contributed by atoms with Crippen LogP contribution in [0.4, 0.5) is 0 Å². The zero-order chi connectivity index (χ0) is 17.9. The summed E-state index contributed by atoms with van der Waals surface area (Å²) in [6.07, 6.45) is 7.51. The molecule has 1 saturated heterocycles. The van der Waals surface area contributed by atoms with Gasteiger partial charge in [0.25, 0.3) is 0 Å². The summed E-state index contributed by atoms with van der Waals surface area (Å²) >= 11 is 0. The molecule has 6 heteroatoms. The molecule has 0 saturated carbocycles. The maximum absolute atomic E-state index is 12.7. The molecule has 2 aromatic rings. The lowest BCUT2D eigenvalue weighted by Crippen LogP contribution is -2.57. The second-order valence-electron chi connectivity index (χ2n) is 7.38. The van der Waals surface area contributed by atoms with Gasteiger partial charge in [-0.05, 0) is 30.9 Å². The summed E-state index contributed by atoms with van der Waals surface area (Å²) in [5.41, 5.74) is 1.92. The SMILES string of the molecule is CC[C@H](C)CC(=O)N[C@]1(c2ccnc3nccnc23)CNC[C@@H](C)C1. The van der Waals surface area contributed by atoms with E-state index in [1.54, 1.807) is 18.6 Å². The van der Waals surface area contributed by atoms with Crippen LogP contribution in [0.25, 0.3) is 11.2 Å². The average Bonchev–Trinajstić information content (AvgIpc) is 2.61. The lowest BCUT2D eigenvalue weighted by atomic mass is 9.78. The highest BCUT2D eigenvalue weighted by Gasteiger charge is 2.39. The average molecular weight is 341 g/mol. The van der Waals surface area contributed by atoms with Gasteiger partial charge in [-0.3, -0.25) is 9.78 Å². The summed E-state index contributed by atoms with van der Waals surface area (Å²) in [5.74, 6) is 0.927. The topological polar surface area (TPSA) is 79.8 Å². The number of hydrogen-bond acceptors (Lipinski definition) is 5. The molecule has 6 nitrogen and oxygen atoms in total. The Morgan fingerprint density at radius 1 is 1.36 bits per heavy atom. The monoisotopic (exact) mass is 341 g/mol. The van der Waals surface area contributed by atoms with Crippen molar-refractivity contribution in [3.8, 4) is 0 Å². The number of nitrogens with zero attached hydrogens (tertiary/aromatic N) is 3. The summed E-state index contributed by atoms with van der Waals surface area (Å²) in [5, 5.41) is 6.82. The normalized spacial score (nSPS) is 24.8. The Hall–Kier alpha value is -2.08. The van der Waals surface area contributed by atoms with Gasteiger partial charge in [-0.1, -0.05) is 27.2 Å². The van der Waals surface area contributed by atoms with Crippen molar-refractivity contribution in [1.82, 2.24) is 25.6 Å². The maximum Gasteiger partial charge on any atom is 0.221 e. The summed E-state index contributed by atoms with van der Waals surface area (Å²) in [6.45, 7) is 8.08. The van der Waals surface area contributed by atoms with Gasteiger partial charge in [-0.15, -0.1) is 0 Å². The lowest BCUT2D eigenvalue weighted by Gasteiger charge is -2.42. The van der Waals surface area contributed by atoms with Crippen LogP contribution >= 0.6 is 0 Å². The van der Waals surface area contributed by atoms with Crippen molar-refractivity contribution in [1.29, 1.82) is 0 Å². The third-order valence-corrected chi connectivity index (χ3v) is 5.11. The predicted molar refractivity (Wildman–Crippen MR) is 97.9 cm³/mol. The third-order valence-electron chi connectivity index (χ3n) is 5.11. The van der Waals surface area contributed by atoms with E-state index >= 15 is 0 Å². The van der Waals surface area contributed by atoms with E-state index in [4.69, 9.17) is 0 Å². The number of nitrogens with one attached hydrogen (secondary N) is 2. The Morgan fingerprint density at radius 2 is 2.12 bits per heavy atom. The summed E-state index contributed by atoms with van der Waals surface area (Å²) < 4.78 is 0. The number of carbonyl (C=O) groups excluding carboxylic acids is 1. The molecule has 134 valence electrons. The molecule has 0 aromatic carbocycles. The van der Waals surface area contributed by atoms with Crippen molar-refractivity contribution in [2.75, 3.05) is 13.1 Å². The molecule has 0 unspecified atom stereocenters. The molecule has 3 heterocycles. The van der Waals surface area contributed by atoms with Gasteiger partial charge >= 0.3 is 0 Å². The van der Waals surface area contributed by atoms with E-state index in [1.807, 2.05) is 6.07 Å². The van der Waals surface area contributed by atoms with Crippen molar-refractivity contribution in [2.45, 2.75) is 45.6 Å². The fourth-order valence-corrected chi connectivity index (χ4v) is 3.68. The second-order valence-corrected chi connectivity index (χ2v) is 7.38. The third kappa shape index (κ3) is 3.79. The van der Waals surface area contributed by atoms with Crippen LogP contribution in [0.15, 0.2) is 24.7 Å². The fourth-order valence-electron chi connectivity index (χ4n) is 3.68. The van der Waals surface area contributed by atoms with Crippen LogP contribution in [-0.4, -0.2) is 33.9 Å². The highest BCUT2D eigenvalue weighted by molar-refractivity contribution is 5.80. The van der Waals surface area contributed by atoms with Gasteiger partial charge in [-0.25, -0.2) is 9.97 Å². The van der Waals surface area contributed by atoms with E-state index in [2.05, 4.69) is 46.4 Å². The first-order chi connectivity index (χ1) is 12.0. The molecule has 0 bridgehead atoms. The van der Waals surface area contributed by atoms with Crippen LogP contribution in [-0.2, 0) is 10.3 Å². The molecular weight excluding hydrogens is 314 g/mol. The zero-order valence-electron chi connectivity index (χ0n) is 15.2. The minimum absolute atomic E-state index is 0.0964. The smallest absolute Gasteiger partial charge is 0.221 e. The number of hydrogen-bond donors (Lipinski definition) is 2. The zero-order valence-corrected chi connectivity index (χ0v) is 15.2. The Balaban J connectivity index is 2.00. The van der Waals surface area contributed by atoms with Crippen LogP contribution < -0.4 is 10.6 Å². The first-order valence-electron chi connectivity index (χ1n) is 9.12.